The zero-order chi connectivity index (χ0) is 13.3. The number of aromatic nitrogens is 2. The number of hydrogen-bond acceptors (Lipinski definition) is 6. The second-order valence-electron chi connectivity index (χ2n) is 5.07. The number of methoxy groups -OCH3 is 1. The van der Waals surface area contributed by atoms with Gasteiger partial charge in [0.25, 0.3) is 0 Å². The van der Waals surface area contributed by atoms with Gasteiger partial charge in [-0.25, -0.2) is 0 Å². The molecule has 0 spiro atoms. The highest BCUT2D eigenvalue weighted by molar-refractivity contribution is 5.82. The zero-order valence-corrected chi connectivity index (χ0v) is 10.9. The van der Waals surface area contributed by atoms with Crippen LogP contribution in [0.3, 0.4) is 0 Å². The molecular weight excluding hydrogens is 248 g/mol. The van der Waals surface area contributed by atoms with Crippen LogP contribution in [0.25, 0.3) is 0 Å². The maximum Gasteiger partial charge on any atom is 0.237 e. The lowest BCUT2D eigenvalue weighted by Crippen LogP contribution is -2.53. The van der Waals surface area contributed by atoms with Gasteiger partial charge in [0, 0.05) is 20.2 Å². The van der Waals surface area contributed by atoms with E-state index in [0.717, 1.165) is 25.8 Å². The zero-order valence-electron chi connectivity index (χ0n) is 10.9. The molecule has 1 saturated carbocycles. The molecule has 1 aliphatic heterocycles. The molecule has 19 heavy (non-hydrogen) atoms. The van der Waals surface area contributed by atoms with Crippen molar-refractivity contribution in [2.75, 3.05) is 20.2 Å². The predicted molar refractivity (Wildman–Crippen MR) is 65.3 cm³/mol. The Morgan fingerprint density at radius 3 is 2.95 bits per heavy atom. The number of ether oxygens (including phenoxy) is 1. The summed E-state index contributed by atoms with van der Waals surface area (Å²) >= 11 is 0. The molecule has 7 heteroatoms. The van der Waals surface area contributed by atoms with E-state index >= 15 is 0 Å². The number of hydrogen-bond donors (Lipinski definition) is 2. The summed E-state index contributed by atoms with van der Waals surface area (Å²) in [7, 11) is 1.67. The molecule has 0 bridgehead atoms. The van der Waals surface area contributed by atoms with Crippen LogP contribution in [0.15, 0.2) is 4.52 Å². The second-order valence-corrected chi connectivity index (χ2v) is 5.07. The van der Waals surface area contributed by atoms with Crippen molar-refractivity contribution in [3.8, 4) is 0 Å². The Hall–Kier alpha value is -1.47. The van der Waals surface area contributed by atoms with Crippen molar-refractivity contribution >= 4 is 5.91 Å². The summed E-state index contributed by atoms with van der Waals surface area (Å²) in [5.74, 6) is 1.07. The molecule has 3 rings (SSSR count). The summed E-state index contributed by atoms with van der Waals surface area (Å²) in [6.45, 7) is 1.43. The lowest BCUT2D eigenvalue weighted by atomic mass is 9.79. The molecule has 2 fully saturated rings. The van der Waals surface area contributed by atoms with Crippen LogP contribution in [0, 0.1) is 0 Å². The summed E-state index contributed by atoms with van der Waals surface area (Å²) in [4.78, 5) is 16.0. The van der Waals surface area contributed by atoms with Gasteiger partial charge in [0.2, 0.25) is 17.6 Å². The highest BCUT2D eigenvalue weighted by atomic mass is 16.5. The SMILES string of the molecule is COC1(c2noc(CC3NCCNC3=O)n2)CCC1. The maximum absolute atomic E-state index is 11.6. The van der Waals surface area contributed by atoms with Crippen molar-refractivity contribution < 1.29 is 14.1 Å². The quantitative estimate of drug-likeness (QED) is 0.779. The summed E-state index contributed by atoms with van der Waals surface area (Å²) in [5, 5.41) is 9.94. The Kier molecular flexibility index (Phi) is 3.24. The number of carbonyl (C=O) groups is 1. The molecule has 2 heterocycles. The minimum Gasteiger partial charge on any atom is -0.370 e. The van der Waals surface area contributed by atoms with Crippen molar-refractivity contribution in [1.29, 1.82) is 0 Å². The maximum atomic E-state index is 11.6. The number of nitrogens with zero attached hydrogens (tertiary/aromatic N) is 2. The molecule has 0 aromatic carbocycles. The molecule has 104 valence electrons. The third kappa shape index (κ3) is 2.23. The van der Waals surface area contributed by atoms with Gasteiger partial charge >= 0.3 is 0 Å². The lowest BCUT2D eigenvalue weighted by Gasteiger charge is -2.37. The summed E-state index contributed by atoms with van der Waals surface area (Å²) in [6, 6.07) is -0.290. The molecule has 1 unspecified atom stereocenters. The van der Waals surface area contributed by atoms with Crippen molar-refractivity contribution in [2.24, 2.45) is 0 Å². The van der Waals surface area contributed by atoms with Gasteiger partial charge in [0.05, 0.1) is 12.5 Å². The van der Waals surface area contributed by atoms with Crippen molar-refractivity contribution in [2.45, 2.75) is 37.3 Å². The fourth-order valence-corrected chi connectivity index (χ4v) is 2.53. The van der Waals surface area contributed by atoms with E-state index in [1.807, 2.05) is 0 Å². The van der Waals surface area contributed by atoms with Gasteiger partial charge in [-0.05, 0) is 19.3 Å². The van der Waals surface area contributed by atoms with E-state index in [1.54, 1.807) is 7.11 Å². The first kappa shape index (κ1) is 12.6. The van der Waals surface area contributed by atoms with E-state index in [-0.39, 0.29) is 17.6 Å². The van der Waals surface area contributed by atoms with E-state index in [0.29, 0.717) is 24.7 Å². The summed E-state index contributed by atoms with van der Waals surface area (Å²) < 4.78 is 10.7. The van der Waals surface area contributed by atoms with Crippen molar-refractivity contribution in [1.82, 2.24) is 20.8 Å². The van der Waals surface area contributed by atoms with E-state index in [2.05, 4.69) is 20.8 Å². The average molecular weight is 266 g/mol. The number of rotatable bonds is 4. The van der Waals surface area contributed by atoms with Crippen LogP contribution >= 0.6 is 0 Å². The number of piperazine rings is 1. The Morgan fingerprint density at radius 1 is 1.47 bits per heavy atom. The largest absolute Gasteiger partial charge is 0.370 e. The third-order valence-electron chi connectivity index (χ3n) is 3.94. The van der Waals surface area contributed by atoms with Crippen LogP contribution in [-0.2, 0) is 21.6 Å². The molecule has 7 nitrogen and oxygen atoms in total. The van der Waals surface area contributed by atoms with Gasteiger partial charge in [-0.15, -0.1) is 0 Å². The number of amides is 1. The molecule has 1 aromatic heterocycles. The first-order valence-electron chi connectivity index (χ1n) is 6.63. The number of carbonyl (C=O) groups excluding carboxylic acids is 1. The third-order valence-corrected chi connectivity index (χ3v) is 3.94. The van der Waals surface area contributed by atoms with Gasteiger partial charge in [-0.1, -0.05) is 5.16 Å². The van der Waals surface area contributed by atoms with Crippen LogP contribution < -0.4 is 10.6 Å². The van der Waals surface area contributed by atoms with Crippen molar-refractivity contribution in [3.05, 3.63) is 11.7 Å². The van der Waals surface area contributed by atoms with E-state index in [4.69, 9.17) is 9.26 Å². The Bertz CT molecular complexity index is 464. The molecule has 1 saturated heterocycles. The van der Waals surface area contributed by atoms with Gasteiger partial charge < -0.3 is 19.9 Å². The van der Waals surface area contributed by atoms with Gasteiger partial charge in [0.1, 0.15) is 5.60 Å². The molecule has 1 aliphatic carbocycles. The molecule has 2 N–H and O–H groups in total. The normalized spacial score (nSPS) is 25.7. The van der Waals surface area contributed by atoms with Gasteiger partial charge in [0.15, 0.2) is 0 Å². The van der Waals surface area contributed by atoms with Crippen LogP contribution in [-0.4, -0.2) is 42.3 Å². The van der Waals surface area contributed by atoms with Gasteiger partial charge in [-0.2, -0.15) is 4.98 Å². The second kappa shape index (κ2) is 4.90. The Labute approximate surface area is 111 Å². The lowest BCUT2D eigenvalue weighted by molar-refractivity contribution is -0.124. The minimum atomic E-state index is -0.371. The number of nitrogens with one attached hydrogen (secondary N) is 2. The summed E-state index contributed by atoms with van der Waals surface area (Å²) in [6.07, 6.45) is 3.37. The van der Waals surface area contributed by atoms with Crippen molar-refractivity contribution in [3.63, 3.8) is 0 Å². The smallest absolute Gasteiger partial charge is 0.237 e. The minimum absolute atomic E-state index is 0.0175. The standard InChI is InChI=1S/C12H18N4O3/c1-18-12(3-2-4-12)11-15-9(19-16-11)7-8-10(17)14-6-5-13-8/h8,13H,2-7H2,1H3,(H,14,17). The fraction of sp³-hybridized carbons (Fsp3) is 0.750. The Balaban J connectivity index is 1.69. The van der Waals surface area contributed by atoms with E-state index in [9.17, 15) is 4.79 Å². The molecule has 2 aliphatic rings. The van der Waals surface area contributed by atoms with E-state index < -0.39 is 0 Å². The average Bonchev–Trinajstić information content (AvgIpc) is 2.81. The topological polar surface area (TPSA) is 89.3 Å². The predicted octanol–water partition coefficient (Wildman–Crippen LogP) is -0.274. The fourth-order valence-electron chi connectivity index (χ4n) is 2.53. The molecular formula is C12H18N4O3. The van der Waals surface area contributed by atoms with Gasteiger partial charge in [-0.3, -0.25) is 4.79 Å². The van der Waals surface area contributed by atoms with E-state index in [1.165, 1.54) is 0 Å². The first-order chi connectivity index (χ1) is 9.23. The molecule has 1 amide bonds. The first-order valence-corrected chi connectivity index (χ1v) is 6.63. The van der Waals surface area contributed by atoms with Crippen LogP contribution in [0.2, 0.25) is 0 Å². The molecule has 1 atom stereocenters. The molecule has 1 aromatic rings. The highest BCUT2D eigenvalue weighted by Crippen LogP contribution is 2.42. The van der Waals surface area contributed by atoms with Crippen LogP contribution in [0.5, 0.6) is 0 Å². The highest BCUT2D eigenvalue weighted by Gasteiger charge is 2.43. The monoisotopic (exact) mass is 266 g/mol. The molecule has 0 radical (unpaired) electrons. The summed E-state index contributed by atoms with van der Waals surface area (Å²) in [5.41, 5.74) is -0.371. The Morgan fingerprint density at radius 2 is 2.32 bits per heavy atom. The van der Waals surface area contributed by atoms with Crippen LogP contribution in [0.1, 0.15) is 31.0 Å². The van der Waals surface area contributed by atoms with Crippen LogP contribution in [0.4, 0.5) is 0 Å².